The smallest absolute Gasteiger partial charge is 0.255 e. The number of ether oxygens (including phenoxy) is 3. The van der Waals surface area contributed by atoms with E-state index in [1.54, 1.807) is 62.8 Å². The van der Waals surface area contributed by atoms with Crippen molar-refractivity contribution in [2.24, 2.45) is 0 Å². The lowest BCUT2D eigenvalue weighted by Crippen LogP contribution is -2.13. The second-order valence-corrected chi connectivity index (χ2v) is 6.71. The van der Waals surface area contributed by atoms with E-state index in [1.165, 1.54) is 6.92 Å². The van der Waals surface area contributed by atoms with Crippen LogP contribution in [0.15, 0.2) is 66.7 Å². The number of carbonyl (C=O) groups is 2. The van der Waals surface area contributed by atoms with Crippen LogP contribution in [0.5, 0.6) is 17.2 Å². The molecule has 160 valence electrons. The average molecular weight is 420 g/mol. The summed E-state index contributed by atoms with van der Waals surface area (Å²) in [6, 6.07) is 19.4. The molecule has 0 saturated carbocycles. The average Bonchev–Trinajstić information content (AvgIpc) is 2.77. The molecule has 0 saturated heterocycles. The van der Waals surface area contributed by atoms with Gasteiger partial charge >= 0.3 is 0 Å². The minimum atomic E-state index is -0.287. The fourth-order valence-corrected chi connectivity index (χ4v) is 2.97. The highest BCUT2D eigenvalue weighted by atomic mass is 16.5. The Bertz CT molecular complexity index is 1080. The molecule has 3 aromatic carbocycles. The minimum absolute atomic E-state index is 0.181. The Morgan fingerprint density at radius 2 is 1.52 bits per heavy atom. The molecule has 0 atom stereocenters. The molecular weight excluding hydrogens is 396 g/mol. The number of hydrogen-bond acceptors (Lipinski definition) is 5. The van der Waals surface area contributed by atoms with Gasteiger partial charge in [0, 0.05) is 35.5 Å². The normalized spacial score (nSPS) is 10.2. The number of hydrogen-bond donors (Lipinski definition) is 2. The van der Waals surface area contributed by atoms with Crippen molar-refractivity contribution in [1.82, 2.24) is 0 Å². The Morgan fingerprint density at radius 1 is 0.806 bits per heavy atom. The number of amides is 2. The molecule has 7 nitrogen and oxygen atoms in total. The second-order valence-electron chi connectivity index (χ2n) is 6.71. The molecular formula is C24H24N2O5. The fraction of sp³-hybridized carbons (Fsp3) is 0.167. The molecule has 2 amide bonds. The predicted molar refractivity (Wildman–Crippen MR) is 119 cm³/mol. The summed E-state index contributed by atoms with van der Waals surface area (Å²) < 4.78 is 16.5. The van der Waals surface area contributed by atoms with Gasteiger partial charge in [-0.15, -0.1) is 0 Å². The lowest BCUT2D eigenvalue weighted by Gasteiger charge is -2.13. The Balaban J connectivity index is 1.74. The highest BCUT2D eigenvalue weighted by Crippen LogP contribution is 2.25. The summed E-state index contributed by atoms with van der Waals surface area (Å²) >= 11 is 0. The topological polar surface area (TPSA) is 85.9 Å². The lowest BCUT2D eigenvalue weighted by molar-refractivity contribution is -0.114. The van der Waals surface area contributed by atoms with Gasteiger partial charge in [-0.1, -0.05) is 12.1 Å². The lowest BCUT2D eigenvalue weighted by atomic mass is 10.1. The van der Waals surface area contributed by atoms with Crippen molar-refractivity contribution in [3.8, 4) is 17.2 Å². The van der Waals surface area contributed by atoms with Gasteiger partial charge in [0.15, 0.2) is 0 Å². The maximum absolute atomic E-state index is 12.8. The first-order valence-corrected chi connectivity index (χ1v) is 9.61. The predicted octanol–water partition coefficient (Wildman–Crippen LogP) is 4.49. The van der Waals surface area contributed by atoms with E-state index in [-0.39, 0.29) is 18.4 Å². The van der Waals surface area contributed by atoms with Crippen LogP contribution in [0.3, 0.4) is 0 Å². The fourth-order valence-electron chi connectivity index (χ4n) is 2.97. The Morgan fingerprint density at radius 3 is 2.23 bits per heavy atom. The van der Waals surface area contributed by atoms with Crippen molar-refractivity contribution in [1.29, 1.82) is 0 Å². The molecule has 0 aliphatic heterocycles. The van der Waals surface area contributed by atoms with E-state index in [2.05, 4.69) is 10.6 Å². The van der Waals surface area contributed by atoms with Gasteiger partial charge in [0.1, 0.15) is 23.9 Å². The Hall–Kier alpha value is -4.00. The van der Waals surface area contributed by atoms with E-state index in [9.17, 15) is 9.59 Å². The molecule has 2 N–H and O–H groups in total. The number of rotatable bonds is 8. The van der Waals surface area contributed by atoms with Gasteiger partial charge in [-0.25, -0.2) is 0 Å². The standard InChI is InChI=1S/C24H24N2O5/c1-16(27)25-19-6-4-7-20(13-19)26-24(28)17-10-11-23(30-3)18(12-17)15-31-22-9-5-8-21(14-22)29-2/h4-14H,15H2,1-3H3,(H,25,27)(H,26,28). The number of nitrogens with one attached hydrogen (secondary N) is 2. The molecule has 0 bridgehead atoms. The summed E-state index contributed by atoms with van der Waals surface area (Å²) in [5.74, 6) is 1.49. The maximum atomic E-state index is 12.8. The van der Waals surface area contributed by atoms with Crippen LogP contribution in [0.4, 0.5) is 11.4 Å². The van der Waals surface area contributed by atoms with Gasteiger partial charge < -0.3 is 24.8 Å². The van der Waals surface area contributed by atoms with Crippen molar-refractivity contribution in [2.45, 2.75) is 13.5 Å². The third-order valence-electron chi connectivity index (χ3n) is 4.42. The van der Waals surface area contributed by atoms with Crippen molar-refractivity contribution in [2.75, 3.05) is 24.9 Å². The van der Waals surface area contributed by atoms with Crippen LogP contribution in [-0.2, 0) is 11.4 Å². The van der Waals surface area contributed by atoms with Gasteiger partial charge in [0.05, 0.1) is 14.2 Å². The maximum Gasteiger partial charge on any atom is 0.255 e. The van der Waals surface area contributed by atoms with Gasteiger partial charge in [-0.2, -0.15) is 0 Å². The summed E-state index contributed by atoms with van der Waals surface area (Å²) in [5.41, 5.74) is 2.36. The number of methoxy groups -OCH3 is 2. The van der Waals surface area contributed by atoms with Crippen molar-refractivity contribution in [3.63, 3.8) is 0 Å². The zero-order valence-corrected chi connectivity index (χ0v) is 17.6. The first kappa shape index (κ1) is 21.7. The molecule has 3 aromatic rings. The molecule has 0 aromatic heterocycles. The van der Waals surface area contributed by atoms with E-state index in [0.717, 1.165) is 5.56 Å². The summed E-state index contributed by atoms with van der Waals surface area (Å²) in [5, 5.41) is 5.53. The van der Waals surface area contributed by atoms with Crippen molar-refractivity contribution >= 4 is 23.2 Å². The zero-order valence-electron chi connectivity index (χ0n) is 17.6. The van der Waals surface area contributed by atoms with Gasteiger partial charge in [0.2, 0.25) is 5.91 Å². The van der Waals surface area contributed by atoms with Gasteiger partial charge in [-0.05, 0) is 48.5 Å². The van der Waals surface area contributed by atoms with Crippen LogP contribution in [0.1, 0.15) is 22.8 Å². The molecule has 0 unspecified atom stereocenters. The van der Waals surface area contributed by atoms with E-state index < -0.39 is 0 Å². The number of benzene rings is 3. The van der Waals surface area contributed by atoms with Gasteiger partial charge in [0.25, 0.3) is 5.91 Å². The summed E-state index contributed by atoms with van der Waals surface area (Å²) in [6.07, 6.45) is 0. The molecule has 31 heavy (non-hydrogen) atoms. The second kappa shape index (κ2) is 10.2. The SMILES string of the molecule is COc1cccc(OCc2cc(C(=O)Nc3cccc(NC(C)=O)c3)ccc2OC)c1. The summed E-state index contributed by atoms with van der Waals surface area (Å²) in [4.78, 5) is 24.0. The van der Waals surface area contributed by atoms with Crippen LogP contribution in [0.2, 0.25) is 0 Å². The first-order chi connectivity index (χ1) is 15.0. The van der Waals surface area contributed by atoms with Crippen molar-refractivity contribution < 1.29 is 23.8 Å². The molecule has 0 radical (unpaired) electrons. The zero-order chi connectivity index (χ0) is 22.2. The quantitative estimate of drug-likeness (QED) is 0.561. The molecule has 0 spiro atoms. The molecule has 0 aliphatic rings. The molecule has 3 rings (SSSR count). The minimum Gasteiger partial charge on any atom is -0.497 e. The van der Waals surface area contributed by atoms with Crippen LogP contribution >= 0.6 is 0 Å². The molecule has 0 aliphatic carbocycles. The van der Waals surface area contributed by atoms with Crippen LogP contribution < -0.4 is 24.8 Å². The van der Waals surface area contributed by atoms with Crippen LogP contribution in [-0.4, -0.2) is 26.0 Å². The third kappa shape index (κ3) is 5.99. The number of carbonyl (C=O) groups excluding carboxylic acids is 2. The number of anilines is 2. The van der Waals surface area contributed by atoms with Crippen LogP contribution in [0, 0.1) is 0 Å². The third-order valence-corrected chi connectivity index (χ3v) is 4.42. The van der Waals surface area contributed by atoms with Crippen LogP contribution in [0.25, 0.3) is 0 Å². The summed E-state index contributed by atoms with van der Waals surface area (Å²) in [6.45, 7) is 1.65. The highest BCUT2D eigenvalue weighted by molar-refractivity contribution is 6.05. The van der Waals surface area contributed by atoms with E-state index in [1.807, 2.05) is 18.2 Å². The Labute approximate surface area is 180 Å². The van der Waals surface area contributed by atoms with Crippen molar-refractivity contribution in [3.05, 3.63) is 77.9 Å². The summed E-state index contributed by atoms with van der Waals surface area (Å²) in [7, 11) is 3.16. The largest absolute Gasteiger partial charge is 0.497 e. The molecule has 7 heteroatoms. The van der Waals surface area contributed by atoms with E-state index in [0.29, 0.717) is 34.2 Å². The Kier molecular flexibility index (Phi) is 7.11. The van der Waals surface area contributed by atoms with Gasteiger partial charge in [-0.3, -0.25) is 9.59 Å². The molecule has 0 fully saturated rings. The monoisotopic (exact) mass is 420 g/mol. The molecule has 0 heterocycles. The van der Waals surface area contributed by atoms with E-state index in [4.69, 9.17) is 14.2 Å². The van der Waals surface area contributed by atoms with E-state index >= 15 is 0 Å². The highest BCUT2D eigenvalue weighted by Gasteiger charge is 2.12. The first-order valence-electron chi connectivity index (χ1n) is 9.61.